The van der Waals surface area contributed by atoms with Gasteiger partial charge in [-0.05, 0) is 54.2 Å². The van der Waals surface area contributed by atoms with Crippen molar-refractivity contribution in [2.75, 3.05) is 19.0 Å². The molecule has 2 aromatic rings. The summed E-state index contributed by atoms with van der Waals surface area (Å²) in [6.07, 6.45) is 6.25. The topological polar surface area (TPSA) is 97.3 Å². The molecule has 0 spiro atoms. The number of hydrogen-bond donors (Lipinski definition) is 1. The van der Waals surface area contributed by atoms with Crippen LogP contribution < -0.4 is 14.8 Å². The molecule has 4 atom stereocenters. The molecule has 35 heavy (non-hydrogen) atoms. The smallest absolute Gasteiger partial charge is 0.262 e. The van der Waals surface area contributed by atoms with Crippen LogP contribution in [0.25, 0.3) is 0 Å². The van der Waals surface area contributed by atoms with Crippen LogP contribution in [0.1, 0.15) is 12.0 Å². The lowest BCUT2D eigenvalue weighted by molar-refractivity contribution is -0.140. The number of halogens is 2. The molecule has 2 aliphatic carbocycles. The largest absolute Gasteiger partial charge is 0.493 e. The number of methoxy groups -OCH3 is 1. The van der Waals surface area contributed by atoms with Crippen LogP contribution >= 0.6 is 11.6 Å². The van der Waals surface area contributed by atoms with Crippen molar-refractivity contribution in [2.45, 2.75) is 6.42 Å². The van der Waals surface area contributed by atoms with E-state index in [1.54, 1.807) is 12.1 Å². The molecule has 1 saturated carbocycles. The number of imide groups is 1. The van der Waals surface area contributed by atoms with Crippen molar-refractivity contribution in [1.29, 1.82) is 0 Å². The molecule has 5 rings (SSSR count). The van der Waals surface area contributed by atoms with E-state index < -0.39 is 18.3 Å². The fraction of sp³-hybridized carbons (Fsp3) is 0.280. The Labute approximate surface area is 205 Å². The van der Waals surface area contributed by atoms with Crippen molar-refractivity contribution in [3.05, 3.63) is 65.0 Å². The fourth-order valence-electron chi connectivity index (χ4n) is 4.98. The molecule has 1 N–H and O–H groups in total. The number of carbonyl (C=O) groups excluding carboxylic acids is 3. The number of nitrogens with zero attached hydrogens (tertiary/aromatic N) is 2. The first-order chi connectivity index (χ1) is 16.9. The highest BCUT2D eigenvalue weighted by Gasteiger charge is 2.59. The summed E-state index contributed by atoms with van der Waals surface area (Å²) in [6.45, 7) is -0.393. The van der Waals surface area contributed by atoms with Gasteiger partial charge in [-0.15, -0.1) is 0 Å². The number of amides is 3. The molecule has 4 unspecified atom stereocenters. The van der Waals surface area contributed by atoms with Crippen LogP contribution in [0.15, 0.2) is 53.7 Å². The van der Waals surface area contributed by atoms with E-state index in [-0.39, 0.29) is 52.0 Å². The number of hydrogen-bond acceptors (Lipinski definition) is 6. The van der Waals surface area contributed by atoms with E-state index in [0.717, 1.165) is 11.4 Å². The molecule has 3 amide bonds. The maximum Gasteiger partial charge on any atom is 0.262 e. The summed E-state index contributed by atoms with van der Waals surface area (Å²) < 4.78 is 24.2. The zero-order valence-electron chi connectivity index (χ0n) is 18.6. The van der Waals surface area contributed by atoms with Crippen molar-refractivity contribution >= 4 is 41.2 Å². The van der Waals surface area contributed by atoms with E-state index in [1.165, 1.54) is 37.6 Å². The molecule has 0 radical (unpaired) electrons. The van der Waals surface area contributed by atoms with Crippen LogP contribution in [0.3, 0.4) is 0 Å². The molecule has 180 valence electrons. The summed E-state index contributed by atoms with van der Waals surface area (Å²) in [4.78, 5) is 37.7. The van der Waals surface area contributed by atoms with Crippen LogP contribution in [0, 0.1) is 29.5 Å². The predicted octanol–water partition coefficient (Wildman–Crippen LogP) is 3.65. The summed E-state index contributed by atoms with van der Waals surface area (Å²) in [5.41, 5.74) is 0.768. The zero-order chi connectivity index (χ0) is 24.7. The molecular weight excluding hydrogens is 477 g/mol. The highest BCUT2D eigenvalue weighted by molar-refractivity contribution is 6.32. The Bertz CT molecular complexity index is 1250. The minimum Gasteiger partial charge on any atom is -0.493 e. The molecule has 1 heterocycles. The molecule has 10 heteroatoms. The third-order valence-corrected chi connectivity index (χ3v) is 6.76. The highest BCUT2D eigenvalue weighted by atomic mass is 35.5. The van der Waals surface area contributed by atoms with Gasteiger partial charge in [0.25, 0.3) is 17.7 Å². The van der Waals surface area contributed by atoms with Crippen molar-refractivity contribution in [2.24, 2.45) is 28.8 Å². The van der Waals surface area contributed by atoms with Gasteiger partial charge in [0.05, 0.1) is 30.2 Å². The molecule has 2 fully saturated rings. The fourth-order valence-corrected chi connectivity index (χ4v) is 5.25. The Morgan fingerprint density at radius 1 is 1.20 bits per heavy atom. The Kier molecular flexibility index (Phi) is 6.02. The minimum absolute atomic E-state index is 0.103. The predicted molar refractivity (Wildman–Crippen MR) is 126 cm³/mol. The van der Waals surface area contributed by atoms with Gasteiger partial charge in [0.2, 0.25) is 0 Å². The quantitative estimate of drug-likeness (QED) is 0.358. The van der Waals surface area contributed by atoms with Gasteiger partial charge >= 0.3 is 0 Å². The number of allylic oxidation sites excluding steroid dienone is 2. The number of hydrazone groups is 1. The van der Waals surface area contributed by atoms with E-state index in [4.69, 9.17) is 21.1 Å². The molecule has 8 nitrogen and oxygen atoms in total. The van der Waals surface area contributed by atoms with Gasteiger partial charge in [-0.2, -0.15) is 10.1 Å². The average molecular weight is 498 g/mol. The molecule has 1 saturated heterocycles. The Morgan fingerprint density at radius 3 is 2.57 bits per heavy atom. The zero-order valence-corrected chi connectivity index (χ0v) is 19.4. The Balaban J connectivity index is 1.26. The molecule has 2 bridgehead atoms. The number of rotatable bonds is 7. The first kappa shape index (κ1) is 23.0. The first-order valence-electron chi connectivity index (χ1n) is 11.0. The number of fused-ring (bicyclic) bond motifs is 5. The summed E-state index contributed by atoms with van der Waals surface area (Å²) in [6, 6.07) is 8.56. The standard InChI is InChI=1S/C25H21ClFN3O5/c1-34-19-8-13(11-28-30-24(32)21-14-5-6-15(9-14)22(21)25(30)33)7-18(26)23(19)35-12-20(31)29-17-4-2-3-16(27)10-17/h2-8,10-11,14-15,21-22H,9,12H2,1H3,(H,29,31). The number of anilines is 1. The summed E-state index contributed by atoms with van der Waals surface area (Å²) in [5.74, 6) is -1.65. The van der Waals surface area contributed by atoms with E-state index in [0.29, 0.717) is 11.3 Å². The lowest BCUT2D eigenvalue weighted by Gasteiger charge is -2.14. The van der Waals surface area contributed by atoms with Gasteiger partial charge in [-0.1, -0.05) is 29.8 Å². The second-order valence-corrected chi connectivity index (χ2v) is 9.02. The van der Waals surface area contributed by atoms with Crippen LogP contribution in [0.4, 0.5) is 10.1 Å². The Morgan fingerprint density at radius 2 is 1.91 bits per heavy atom. The van der Waals surface area contributed by atoms with Crippen LogP contribution in [-0.4, -0.2) is 42.7 Å². The van der Waals surface area contributed by atoms with Gasteiger partial charge in [-0.25, -0.2) is 4.39 Å². The normalized spacial score (nSPS) is 24.4. The lowest BCUT2D eigenvalue weighted by atomic mass is 9.85. The van der Waals surface area contributed by atoms with Crippen molar-refractivity contribution < 1.29 is 28.2 Å². The number of benzene rings is 2. The van der Waals surface area contributed by atoms with Crippen LogP contribution in [0.5, 0.6) is 11.5 Å². The second-order valence-electron chi connectivity index (χ2n) is 8.61. The minimum atomic E-state index is -0.514. The van der Waals surface area contributed by atoms with Crippen LogP contribution in [0.2, 0.25) is 5.02 Å². The lowest BCUT2D eigenvalue weighted by Crippen LogP contribution is -2.28. The van der Waals surface area contributed by atoms with E-state index in [9.17, 15) is 18.8 Å². The van der Waals surface area contributed by atoms with Crippen molar-refractivity contribution in [3.8, 4) is 11.5 Å². The van der Waals surface area contributed by atoms with Gasteiger partial charge in [-0.3, -0.25) is 14.4 Å². The van der Waals surface area contributed by atoms with Gasteiger partial charge in [0.1, 0.15) is 5.82 Å². The maximum absolute atomic E-state index is 13.3. The van der Waals surface area contributed by atoms with Gasteiger partial charge < -0.3 is 14.8 Å². The highest BCUT2D eigenvalue weighted by Crippen LogP contribution is 2.52. The third-order valence-electron chi connectivity index (χ3n) is 6.48. The van der Waals surface area contributed by atoms with E-state index in [1.807, 2.05) is 12.2 Å². The average Bonchev–Trinajstić information content (AvgIpc) is 3.51. The monoisotopic (exact) mass is 497 g/mol. The van der Waals surface area contributed by atoms with Crippen LogP contribution in [-0.2, 0) is 14.4 Å². The van der Waals surface area contributed by atoms with Gasteiger partial charge in [0, 0.05) is 5.69 Å². The van der Waals surface area contributed by atoms with Crippen molar-refractivity contribution in [3.63, 3.8) is 0 Å². The third kappa shape index (κ3) is 4.27. The van der Waals surface area contributed by atoms with E-state index in [2.05, 4.69) is 10.4 Å². The van der Waals surface area contributed by atoms with Gasteiger partial charge in [0.15, 0.2) is 18.1 Å². The molecule has 2 aromatic carbocycles. The Hall–Kier alpha value is -3.72. The first-order valence-corrected chi connectivity index (χ1v) is 11.4. The summed E-state index contributed by atoms with van der Waals surface area (Å²) in [5, 5.41) is 7.75. The van der Waals surface area contributed by atoms with Crippen molar-refractivity contribution in [1.82, 2.24) is 5.01 Å². The molecule has 0 aromatic heterocycles. The maximum atomic E-state index is 13.3. The molecule has 1 aliphatic heterocycles. The number of carbonyl (C=O) groups is 3. The van der Waals surface area contributed by atoms with E-state index >= 15 is 0 Å². The summed E-state index contributed by atoms with van der Waals surface area (Å²) in [7, 11) is 1.41. The molecular formula is C25H21ClFN3O5. The number of ether oxygens (including phenoxy) is 2. The molecule has 3 aliphatic rings. The second kappa shape index (κ2) is 9.14. The SMILES string of the molecule is COc1cc(C=NN2C(=O)C3C4C=CC(C4)C3C2=O)cc(Cl)c1OCC(=O)Nc1cccc(F)c1. The number of nitrogens with one attached hydrogen (secondary N) is 1. The summed E-state index contributed by atoms with van der Waals surface area (Å²) >= 11 is 6.35.